The Bertz CT molecular complexity index is 331. The molecular formula is C14H25N3O. The van der Waals surface area contributed by atoms with Crippen molar-refractivity contribution >= 4 is 5.69 Å². The van der Waals surface area contributed by atoms with E-state index in [4.69, 9.17) is 5.11 Å². The van der Waals surface area contributed by atoms with Gasteiger partial charge in [0.25, 0.3) is 0 Å². The molecule has 0 aliphatic carbocycles. The lowest BCUT2D eigenvalue weighted by atomic mass is 10.2. The van der Waals surface area contributed by atoms with Crippen molar-refractivity contribution in [2.45, 2.75) is 33.2 Å². The van der Waals surface area contributed by atoms with Gasteiger partial charge >= 0.3 is 0 Å². The molecule has 2 N–H and O–H groups in total. The van der Waals surface area contributed by atoms with Gasteiger partial charge in [0, 0.05) is 31.5 Å². The summed E-state index contributed by atoms with van der Waals surface area (Å²) < 4.78 is 0. The summed E-state index contributed by atoms with van der Waals surface area (Å²) >= 11 is 0. The van der Waals surface area contributed by atoms with Gasteiger partial charge in [-0.3, -0.25) is 9.88 Å². The first kappa shape index (κ1) is 14.9. The van der Waals surface area contributed by atoms with E-state index in [1.165, 1.54) is 6.42 Å². The van der Waals surface area contributed by atoms with Crippen LogP contribution in [0, 0.1) is 0 Å². The number of pyridine rings is 1. The molecule has 0 aliphatic heterocycles. The van der Waals surface area contributed by atoms with Crippen LogP contribution in [0.3, 0.4) is 0 Å². The van der Waals surface area contributed by atoms with E-state index in [1.54, 1.807) is 0 Å². The first-order valence-electron chi connectivity index (χ1n) is 6.82. The van der Waals surface area contributed by atoms with Gasteiger partial charge in [-0.05, 0) is 32.0 Å². The highest BCUT2D eigenvalue weighted by atomic mass is 16.3. The number of unbranched alkanes of at least 4 members (excludes halogenated alkanes) is 1. The maximum Gasteiger partial charge on any atom is 0.0564 e. The number of anilines is 1. The van der Waals surface area contributed by atoms with Gasteiger partial charge in [-0.15, -0.1) is 0 Å². The predicted octanol–water partition coefficient (Wildman–Crippen LogP) is 2.11. The van der Waals surface area contributed by atoms with Crippen LogP contribution in [0.25, 0.3) is 0 Å². The second-order valence-electron chi connectivity index (χ2n) is 4.42. The quantitative estimate of drug-likeness (QED) is 0.705. The molecule has 102 valence electrons. The molecular weight excluding hydrogens is 226 g/mol. The number of aromatic nitrogens is 1. The number of hydrogen-bond acceptors (Lipinski definition) is 4. The third-order valence-electron chi connectivity index (χ3n) is 2.83. The Kier molecular flexibility index (Phi) is 7.37. The largest absolute Gasteiger partial charge is 0.395 e. The van der Waals surface area contributed by atoms with Crippen molar-refractivity contribution in [2.75, 3.05) is 31.6 Å². The molecule has 0 aliphatic rings. The molecule has 1 heterocycles. The fourth-order valence-corrected chi connectivity index (χ4v) is 1.90. The van der Waals surface area contributed by atoms with E-state index in [-0.39, 0.29) is 6.61 Å². The Hall–Kier alpha value is -1.13. The Labute approximate surface area is 110 Å². The predicted molar refractivity (Wildman–Crippen MR) is 75.7 cm³/mol. The summed E-state index contributed by atoms with van der Waals surface area (Å²) in [4.78, 5) is 6.64. The molecule has 0 unspecified atom stereocenters. The SMILES string of the molecule is CCCCN(CCO)Cc1cc(NCC)ccn1. The second-order valence-corrected chi connectivity index (χ2v) is 4.42. The summed E-state index contributed by atoms with van der Waals surface area (Å²) in [5.41, 5.74) is 2.17. The Morgan fingerprint density at radius 3 is 2.83 bits per heavy atom. The van der Waals surface area contributed by atoms with E-state index >= 15 is 0 Å². The van der Waals surface area contributed by atoms with Crippen molar-refractivity contribution in [2.24, 2.45) is 0 Å². The molecule has 0 aromatic carbocycles. The van der Waals surface area contributed by atoms with E-state index in [1.807, 2.05) is 12.3 Å². The molecule has 0 atom stereocenters. The highest BCUT2D eigenvalue weighted by Gasteiger charge is 2.06. The zero-order valence-electron chi connectivity index (χ0n) is 11.5. The van der Waals surface area contributed by atoms with Crippen LogP contribution in [-0.2, 0) is 6.54 Å². The number of hydrogen-bond donors (Lipinski definition) is 2. The number of rotatable bonds is 9. The van der Waals surface area contributed by atoms with E-state index < -0.39 is 0 Å². The van der Waals surface area contributed by atoms with Gasteiger partial charge in [0.2, 0.25) is 0 Å². The van der Waals surface area contributed by atoms with E-state index in [0.29, 0.717) is 6.54 Å². The van der Waals surface area contributed by atoms with Crippen LogP contribution in [-0.4, -0.2) is 41.2 Å². The fraction of sp³-hybridized carbons (Fsp3) is 0.643. The fourth-order valence-electron chi connectivity index (χ4n) is 1.90. The van der Waals surface area contributed by atoms with Gasteiger partial charge in [0.05, 0.1) is 12.3 Å². The second kappa shape index (κ2) is 8.89. The van der Waals surface area contributed by atoms with Gasteiger partial charge < -0.3 is 10.4 Å². The Balaban J connectivity index is 2.58. The summed E-state index contributed by atoms with van der Waals surface area (Å²) in [6, 6.07) is 4.06. The normalized spacial score (nSPS) is 10.9. The highest BCUT2D eigenvalue weighted by molar-refractivity contribution is 5.42. The van der Waals surface area contributed by atoms with Crippen molar-refractivity contribution in [1.29, 1.82) is 0 Å². The molecule has 0 radical (unpaired) electrons. The van der Waals surface area contributed by atoms with Crippen molar-refractivity contribution in [1.82, 2.24) is 9.88 Å². The number of nitrogens with one attached hydrogen (secondary N) is 1. The van der Waals surface area contributed by atoms with Gasteiger partial charge in [-0.2, -0.15) is 0 Å². The Morgan fingerprint density at radius 1 is 1.33 bits per heavy atom. The third-order valence-corrected chi connectivity index (χ3v) is 2.83. The molecule has 0 bridgehead atoms. The maximum atomic E-state index is 9.08. The number of aliphatic hydroxyl groups is 1. The number of nitrogens with zero attached hydrogens (tertiary/aromatic N) is 2. The van der Waals surface area contributed by atoms with E-state index in [9.17, 15) is 0 Å². The van der Waals surface area contributed by atoms with Crippen LogP contribution in [0.4, 0.5) is 5.69 Å². The summed E-state index contributed by atoms with van der Waals surface area (Å²) in [6.07, 6.45) is 4.17. The summed E-state index contributed by atoms with van der Waals surface area (Å²) in [7, 11) is 0. The average molecular weight is 251 g/mol. The van der Waals surface area contributed by atoms with Gasteiger partial charge in [0.15, 0.2) is 0 Å². The number of aliphatic hydroxyl groups excluding tert-OH is 1. The molecule has 18 heavy (non-hydrogen) atoms. The van der Waals surface area contributed by atoms with E-state index in [0.717, 1.165) is 37.4 Å². The maximum absolute atomic E-state index is 9.08. The lowest BCUT2D eigenvalue weighted by molar-refractivity contribution is 0.187. The van der Waals surface area contributed by atoms with Crippen molar-refractivity contribution in [3.63, 3.8) is 0 Å². The minimum atomic E-state index is 0.205. The third kappa shape index (κ3) is 5.47. The average Bonchev–Trinajstić information content (AvgIpc) is 2.37. The zero-order valence-corrected chi connectivity index (χ0v) is 11.5. The van der Waals surface area contributed by atoms with Gasteiger partial charge in [-0.25, -0.2) is 0 Å². The molecule has 0 fully saturated rings. The monoisotopic (exact) mass is 251 g/mol. The standard InChI is InChI=1S/C14H25N3O/c1-3-5-8-17(9-10-18)12-14-11-13(15-4-2)6-7-16-14/h6-7,11,18H,3-5,8-10,12H2,1-2H3,(H,15,16). The van der Waals surface area contributed by atoms with Crippen LogP contribution in [0.1, 0.15) is 32.4 Å². The summed E-state index contributed by atoms with van der Waals surface area (Å²) in [5, 5.41) is 12.4. The lowest BCUT2D eigenvalue weighted by Crippen LogP contribution is -2.28. The molecule has 1 aromatic rings. The molecule has 0 saturated heterocycles. The Morgan fingerprint density at radius 2 is 2.17 bits per heavy atom. The highest BCUT2D eigenvalue weighted by Crippen LogP contribution is 2.10. The first-order valence-corrected chi connectivity index (χ1v) is 6.82. The minimum Gasteiger partial charge on any atom is -0.395 e. The van der Waals surface area contributed by atoms with E-state index in [2.05, 4.69) is 35.1 Å². The lowest BCUT2D eigenvalue weighted by Gasteiger charge is -2.20. The van der Waals surface area contributed by atoms with Crippen molar-refractivity contribution in [3.05, 3.63) is 24.0 Å². The van der Waals surface area contributed by atoms with Crippen LogP contribution < -0.4 is 5.32 Å². The zero-order chi connectivity index (χ0) is 13.2. The van der Waals surface area contributed by atoms with Crippen molar-refractivity contribution in [3.8, 4) is 0 Å². The molecule has 4 heteroatoms. The molecule has 4 nitrogen and oxygen atoms in total. The summed E-state index contributed by atoms with van der Waals surface area (Å²) in [6.45, 7) is 7.92. The van der Waals surface area contributed by atoms with Gasteiger partial charge in [0.1, 0.15) is 0 Å². The van der Waals surface area contributed by atoms with Crippen LogP contribution in [0.5, 0.6) is 0 Å². The molecule has 0 amide bonds. The minimum absolute atomic E-state index is 0.205. The molecule has 0 saturated carbocycles. The van der Waals surface area contributed by atoms with Crippen LogP contribution >= 0.6 is 0 Å². The molecule has 1 rings (SSSR count). The smallest absolute Gasteiger partial charge is 0.0564 e. The van der Waals surface area contributed by atoms with Gasteiger partial charge in [-0.1, -0.05) is 13.3 Å². The first-order chi connectivity index (χ1) is 8.80. The molecule has 1 aromatic heterocycles. The van der Waals surface area contributed by atoms with Crippen LogP contribution in [0.2, 0.25) is 0 Å². The van der Waals surface area contributed by atoms with Crippen LogP contribution in [0.15, 0.2) is 18.3 Å². The topological polar surface area (TPSA) is 48.4 Å². The van der Waals surface area contributed by atoms with Crippen molar-refractivity contribution < 1.29 is 5.11 Å². The summed E-state index contributed by atoms with van der Waals surface area (Å²) in [5.74, 6) is 0. The molecule has 0 spiro atoms.